The van der Waals surface area contributed by atoms with Crippen LogP contribution in [0.1, 0.15) is 40.0 Å². The van der Waals surface area contributed by atoms with E-state index in [4.69, 9.17) is 9.47 Å². The molecule has 1 heterocycles. The van der Waals surface area contributed by atoms with Gasteiger partial charge < -0.3 is 9.47 Å². The van der Waals surface area contributed by atoms with Crippen molar-refractivity contribution in [3.63, 3.8) is 0 Å². The first-order valence-corrected chi connectivity index (χ1v) is 8.04. The normalized spacial score (nSPS) is 20.9. The van der Waals surface area contributed by atoms with E-state index in [1.165, 1.54) is 0 Å². The highest BCUT2D eigenvalue weighted by molar-refractivity contribution is 7.91. The van der Waals surface area contributed by atoms with E-state index in [9.17, 15) is 13.2 Å². The maximum absolute atomic E-state index is 11.8. The molecule has 18 heavy (non-hydrogen) atoms. The van der Waals surface area contributed by atoms with Crippen LogP contribution in [-0.4, -0.2) is 44.2 Å². The van der Waals surface area contributed by atoms with Crippen molar-refractivity contribution < 1.29 is 22.7 Å². The lowest BCUT2D eigenvalue weighted by Gasteiger charge is -2.19. The Hall–Kier alpha value is -0.620. The van der Waals surface area contributed by atoms with E-state index in [2.05, 4.69) is 0 Å². The van der Waals surface area contributed by atoms with Crippen LogP contribution in [0, 0.1) is 0 Å². The van der Waals surface area contributed by atoms with Gasteiger partial charge in [-0.3, -0.25) is 4.79 Å². The Kier molecular flexibility index (Phi) is 5.16. The molecule has 0 amide bonds. The van der Waals surface area contributed by atoms with Gasteiger partial charge in [0.2, 0.25) is 0 Å². The molecule has 0 aromatic rings. The lowest BCUT2D eigenvalue weighted by atomic mass is 10.2. The summed E-state index contributed by atoms with van der Waals surface area (Å²) in [6.07, 6.45) is 1.40. The molecule has 0 saturated carbocycles. The molecule has 0 bridgehead atoms. The van der Waals surface area contributed by atoms with Crippen molar-refractivity contribution in [1.29, 1.82) is 0 Å². The van der Waals surface area contributed by atoms with E-state index in [1.54, 1.807) is 20.8 Å². The fourth-order valence-electron chi connectivity index (χ4n) is 1.77. The van der Waals surface area contributed by atoms with Crippen molar-refractivity contribution in [3.05, 3.63) is 0 Å². The molecule has 0 spiro atoms. The average molecular weight is 278 g/mol. The molecule has 5 nitrogen and oxygen atoms in total. The highest BCUT2D eigenvalue weighted by atomic mass is 32.2. The topological polar surface area (TPSA) is 69.7 Å². The first-order chi connectivity index (χ1) is 8.18. The predicted molar refractivity (Wildman–Crippen MR) is 68.1 cm³/mol. The van der Waals surface area contributed by atoms with Gasteiger partial charge in [-0.1, -0.05) is 0 Å². The standard InChI is InChI=1S/C12H22O5S/c1-12(2,3)17-11(13)6-8-18(14,15)9-10-5-4-7-16-10/h10H,4-9H2,1-3H3. The summed E-state index contributed by atoms with van der Waals surface area (Å²) in [4.78, 5) is 11.4. The zero-order chi connectivity index (χ0) is 13.8. The number of esters is 1. The Bertz CT molecular complexity index is 374. The minimum absolute atomic E-state index is 0.00972. The van der Waals surface area contributed by atoms with Crippen LogP contribution in [0.3, 0.4) is 0 Å². The fourth-order valence-corrected chi connectivity index (χ4v) is 3.25. The molecule has 1 saturated heterocycles. The summed E-state index contributed by atoms with van der Waals surface area (Å²) in [6, 6.07) is 0. The summed E-state index contributed by atoms with van der Waals surface area (Å²) in [5.41, 5.74) is -0.574. The summed E-state index contributed by atoms with van der Waals surface area (Å²) in [6.45, 7) is 5.90. The van der Waals surface area contributed by atoms with Crippen LogP contribution < -0.4 is 0 Å². The highest BCUT2D eigenvalue weighted by Gasteiger charge is 2.25. The average Bonchev–Trinajstić information content (AvgIpc) is 2.64. The van der Waals surface area contributed by atoms with Gasteiger partial charge in [0.1, 0.15) is 5.60 Å². The molecular weight excluding hydrogens is 256 g/mol. The fraction of sp³-hybridized carbons (Fsp3) is 0.917. The Morgan fingerprint density at radius 3 is 2.56 bits per heavy atom. The predicted octanol–water partition coefficient (Wildman–Crippen LogP) is 1.31. The molecule has 6 heteroatoms. The SMILES string of the molecule is CC(C)(C)OC(=O)CCS(=O)(=O)CC1CCCO1. The Balaban J connectivity index is 2.34. The third kappa shape index (κ3) is 6.35. The van der Waals surface area contributed by atoms with Gasteiger partial charge in [-0.05, 0) is 33.6 Å². The molecule has 0 aromatic carbocycles. The van der Waals surface area contributed by atoms with Gasteiger partial charge in [0.15, 0.2) is 9.84 Å². The maximum Gasteiger partial charge on any atom is 0.307 e. The highest BCUT2D eigenvalue weighted by Crippen LogP contribution is 2.15. The second kappa shape index (κ2) is 6.02. The van der Waals surface area contributed by atoms with Crippen LogP contribution in [0.5, 0.6) is 0 Å². The maximum atomic E-state index is 11.8. The lowest BCUT2D eigenvalue weighted by Crippen LogP contribution is -2.27. The molecule has 1 unspecified atom stereocenters. The first-order valence-electron chi connectivity index (χ1n) is 6.22. The molecule has 0 N–H and O–H groups in total. The van der Waals surface area contributed by atoms with E-state index in [0.717, 1.165) is 12.8 Å². The summed E-state index contributed by atoms with van der Waals surface area (Å²) in [5.74, 6) is -0.629. The van der Waals surface area contributed by atoms with Crippen LogP contribution in [0.25, 0.3) is 0 Å². The largest absolute Gasteiger partial charge is 0.460 e. The van der Waals surface area contributed by atoms with Crippen molar-refractivity contribution in [1.82, 2.24) is 0 Å². The number of sulfone groups is 1. The third-order valence-corrected chi connectivity index (χ3v) is 4.21. The Morgan fingerprint density at radius 2 is 2.06 bits per heavy atom. The van der Waals surface area contributed by atoms with Crippen LogP contribution in [-0.2, 0) is 24.1 Å². The first kappa shape index (κ1) is 15.4. The zero-order valence-electron chi connectivity index (χ0n) is 11.3. The molecule has 1 fully saturated rings. The summed E-state index contributed by atoms with van der Waals surface area (Å²) < 4.78 is 33.9. The molecule has 1 atom stereocenters. The van der Waals surface area contributed by atoms with Gasteiger partial charge in [-0.25, -0.2) is 8.42 Å². The number of carbonyl (C=O) groups is 1. The van der Waals surface area contributed by atoms with Crippen LogP contribution in [0.15, 0.2) is 0 Å². The van der Waals surface area contributed by atoms with Gasteiger partial charge in [0, 0.05) is 6.61 Å². The Morgan fingerprint density at radius 1 is 1.39 bits per heavy atom. The zero-order valence-corrected chi connectivity index (χ0v) is 12.1. The third-order valence-electron chi connectivity index (χ3n) is 2.50. The molecule has 0 radical (unpaired) electrons. The number of carbonyl (C=O) groups excluding carboxylic acids is 1. The molecule has 106 valence electrons. The van der Waals surface area contributed by atoms with Gasteiger partial charge in [0.05, 0.1) is 24.0 Å². The van der Waals surface area contributed by atoms with Gasteiger partial charge in [-0.2, -0.15) is 0 Å². The van der Waals surface area contributed by atoms with Crippen molar-refractivity contribution in [2.75, 3.05) is 18.1 Å². The van der Waals surface area contributed by atoms with Crippen LogP contribution >= 0.6 is 0 Å². The second-order valence-electron chi connectivity index (χ2n) is 5.59. The number of hydrogen-bond acceptors (Lipinski definition) is 5. The monoisotopic (exact) mass is 278 g/mol. The van der Waals surface area contributed by atoms with Crippen molar-refractivity contribution in [3.8, 4) is 0 Å². The number of hydrogen-bond donors (Lipinski definition) is 0. The molecule has 0 aromatic heterocycles. The van der Waals surface area contributed by atoms with Gasteiger partial charge >= 0.3 is 5.97 Å². The molecular formula is C12H22O5S. The summed E-state index contributed by atoms with van der Waals surface area (Å²) in [7, 11) is -3.24. The van der Waals surface area contributed by atoms with Crippen molar-refractivity contribution in [2.45, 2.75) is 51.7 Å². The smallest absolute Gasteiger partial charge is 0.307 e. The van der Waals surface area contributed by atoms with E-state index in [-0.39, 0.29) is 24.0 Å². The van der Waals surface area contributed by atoms with Crippen LogP contribution in [0.4, 0.5) is 0 Å². The minimum Gasteiger partial charge on any atom is -0.460 e. The second-order valence-corrected chi connectivity index (χ2v) is 7.81. The van der Waals surface area contributed by atoms with E-state index >= 15 is 0 Å². The Labute approximate surface area is 109 Å². The van der Waals surface area contributed by atoms with Gasteiger partial charge in [-0.15, -0.1) is 0 Å². The summed E-state index contributed by atoms with van der Waals surface area (Å²) in [5, 5.41) is 0. The lowest BCUT2D eigenvalue weighted by molar-refractivity contribution is -0.154. The molecule has 1 aliphatic rings. The summed E-state index contributed by atoms with van der Waals surface area (Å²) >= 11 is 0. The number of rotatable bonds is 5. The van der Waals surface area contributed by atoms with E-state index < -0.39 is 21.4 Å². The minimum atomic E-state index is -3.24. The van der Waals surface area contributed by atoms with E-state index in [0.29, 0.717) is 6.61 Å². The van der Waals surface area contributed by atoms with Crippen LogP contribution in [0.2, 0.25) is 0 Å². The van der Waals surface area contributed by atoms with Crippen molar-refractivity contribution in [2.24, 2.45) is 0 Å². The van der Waals surface area contributed by atoms with Crippen molar-refractivity contribution >= 4 is 15.8 Å². The van der Waals surface area contributed by atoms with E-state index in [1.807, 2.05) is 0 Å². The quantitative estimate of drug-likeness (QED) is 0.709. The molecule has 0 aliphatic carbocycles. The molecule has 1 aliphatic heterocycles. The van der Waals surface area contributed by atoms with Gasteiger partial charge in [0.25, 0.3) is 0 Å². The molecule has 1 rings (SSSR count). The number of ether oxygens (including phenoxy) is 2.